The van der Waals surface area contributed by atoms with E-state index in [-0.39, 0.29) is 11.8 Å². The van der Waals surface area contributed by atoms with Gasteiger partial charge in [-0.05, 0) is 12.8 Å². The third kappa shape index (κ3) is 6.60. The largest absolute Gasteiger partial charge is 0.359 e. The highest BCUT2D eigenvalue weighted by atomic mass is 16.5. The summed E-state index contributed by atoms with van der Waals surface area (Å²) in [5.41, 5.74) is 1.01. The maximum absolute atomic E-state index is 11.5. The Morgan fingerprint density at radius 3 is 2.46 bits per heavy atom. The van der Waals surface area contributed by atoms with Crippen molar-refractivity contribution in [1.29, 1.82) is 0 Å². The van der Waals surface area contributed by atoms with Crippen molar-refractivity contribution < 1.29 is 9.32 Å². The van der Waals surface area contributed by atoms with Crippen LogP contribution in [0.2, 0.25) is 0 Å². The van der Waals surface area contributed by atoms with Gasteiger partial charge >= 0.3 is 0 Å². The van der Waals surface area contributed by atoms with E-state index in [1.54, 1.807) is 7.05 Å². The number of nitrogens with one attached hydrogen (secondary N) is 3. The van der Waals surface area contributed by atoms with Gasteiger partial charge in [-0.15, -0.1) is 0 Å². The quantitative estimate of drug-likeness (QED) is 0.364. The van der Waals surface area contributed by atoms with Crippen LogP contribution in [-0.4, -0.2) is 37.2 Å². The molecule has 1 amide bonds. The van der Waals surface area contributed by atoms with E-state index < -0.39 is 0 Å². The number of carbonyl (C=O) groups excluding carboxylic acids is 1. The first kappa shape index (κ1) is 20.0. The minimum absolute atomic E-state index is 0.00171. The number of carbonyl (C=O) groups is 1. The normalized spacial score (nSPS) is 11.9. The second-order valence-corrected chi connectivity index (χ2v) is 6.03. The van der Waals surface area contributed by atoms with Crippen molar-refractivity contribution in [3.05, 3.63) is 17.5 Å². The highest BCUT2D eigenvalue weighted by Gasteiger charge is 2.13. The molecule has 1 aromatic rings. The summed E-state index contributed by atoms with van der Waals surface area (Å²) in [5.74, 6) is 1.94. The van der Waals surface area contributed by atoms with Crippen LogP contribution < -0.4 is 16.0 Å². The van der Waals surface area contributed by atoms with Crippen molar-refractivity contribution in [3.63, 3.8) is 0 Å². The summed E-state index contributed by atoms with van der Waals surface area (Å²) in [4.78, 5) is 15.6. The van der Waals surface area contributed by atoms with Gasteiger partial charge < -0.3 is 20.5 Å². The van der Waals surface area contributed by atoms with Gasteiger partial charge in [0.25, 0.3) is 0 Å². The van der Waals surface area contributed by atoms with Crippen LogP contribution in [0, 0.1) is 5.92 Å². The van der Waals surface area contributed by atoms with Crippen molar-refractivity contribution in [3.8, 4) is 0 Å². The SMILES string of the molecule is CCC(CC)c1cc(CNC(=NC)NCCNC(=O)C(C)C)on1. The minimum atomic E-state index is -0.00171. The third-order valence-electron chi connectivity index (χ3n) is 3.88. The maximum atomic E-state index is 11.5. The number of nitrogens with zero attached hydrogens (tertiary/aromatic N) is 2. The van der Waals surface area contributed by atoms with Gasteiger partial charge in [-0.25, -0.2) is 0 Å². The molecule has 0 spiro atoms. The molecule has 0 aliphatic rings. The molecule has 3 N–H and O–H groups in total. The number of guanidine groups is 1. The molecule has 24 heavy (non-hydrogen) atoms. The summed E-state index contributed by atoms with van der Waals surface area (Å²) in [6, 6.07) is 2.00. The Bertz CT molecular complexity index is 521. The second-order valence-electron chi connectivity index (χ2n) is 6.03. The first-order valence-electron chi connectivity index (χ1n) is 8.69. The molecule has 136 valence electrons. The molecule has 7 heteroatoms. The van der Waals surface area contributed by atoms with E-state index in [0.717, 1.165) is 24.3 Å². The van der Waals surface area contributed by atoms with Crippen molar-refractivity contribution in [1.82, 2.24) is 21.1 Å². The van der Waals surface area contributed by atoms with E-state index in [0.29, 0.717) is 31.5 Å². The Kier molecular flexibility index (Phi) is 8.89. The summed E-state index contributed by atoms with van der Waals surface area (Å²) in [6.07, 6.45) is 2.11. The zero-order chi connectivity index (χ0) is 17.9. The Morgan fingerprint density at radius 1 is 1.21 bits per heavy atom. The Labute approximate surface area is 144 Å². The van der Waals surface area contributed by atoms with E-state index in [1.165, 1.54) is 0 Å². The number of hydrogen-bond acceptors (Lipinski definition) is 4. The van der Waals surface area contributed by atoms with Gasteiger partial charge in [0.15, 0.2) is 11.7 Å². The van der Waals surface area contributed by atoms with Gasteiger partial charge in [0.05, 0.1) is 12.2 Å². The van der Waals surface area contributed by atoms with Gasteiger partial charge in [0.2, 0.25) is 5.91 Å². The van der Waals surface area contributed by atoms with Crippen LogP contribution in [-0.2, 0) is 11.3 Å². The molecule has 0 aromatic carbocycles. The molecular weight excluding hydrogens is 306 g/mol. The highest BCUT2D eigenvalue weighted by molar-refractivity contribution is 5.80. The van der Waals surface area contributed by atoms with E-state index in [2.05, 4.69) is 39.9 Å². The molecule has 0 bridgehead atoms. The van der Waals surface area contributed by atoms with Crippen LogP contribution in [0.25, 0.3) is 0 Å². The zero-order valence-corrected chi connectivity index (χ0v) is 15.5. The molecule has 0 fully saturated rings. The van der Waals surface area contributed by atoms with Gasteiger partial charge in [-0.2, -0.15) is 0 Å². The summed E-state index contributed by atoms with van der Waals surface area (Å²) >= 11 is 0. The van der Waals surface area contributed by atoms with Crippen LogP contribution in [0.15, 0.2) is 15.6 Å². The lowest BCUT2D eigenvalue weighted by Gasteiger charge is -2.12. The van der Waals surface area contributed by atoms with E-state index in [1.807, 2.05) is 19.9 Å². The van der Waals surface area contributed by atoms with Gasteiger partial charge in [-0.3, -0.25) is 9.79 Å². The summed E-state index contributed by atoms with van der Waals surface area (Å²) in [7, 11) is 1.71. The first-order valence-corrected chi connectivity index (χ1v) is 8.69. The standard InChI is InChI=1S/C17H31N5O2/c1-6-13(7-2)15-10-14(24-22-15)11-21-17(18-5)20-9-8-19-16(23)12(3)4/h10,12-13H,6-9,11H2,1-5H3,(H,19,23)(H2,18,20,21). The Balaban J connectivity index is 2.35. The van der Waals surface area contributed by atoms with E-state index >= 15 is 0 Å². The highest BCUT2D eigenvalue weighted by Crippen LogP contribution is 2.22. The fourth-order valence-electron chi connectivity index (χ4n) is 2.27. The lowest BCUT2D eigenvalue weighted by molar-refractivity contribution is -0.123. The molecule has 0 saturated heterocycles. The molecular formula is C17H31N5O2. The fraction of sp³-hybridized carbons (Fsp3) is 0.706. The second kappa shape index (κ2) is 10.7. The molecule has 1 heterocycles. The minimum Gasteiger partial charge on any atom is -0.359 e. The molecule has 0 aliphatic carbocycles. The molecule has 0 aliphatic heterocycles. The number of amides is 1. The average molecular weight is 337 g/mol. The summed E-state index contributed by atoms with van der Waals surface area (Å²) < 4.78 is 5.38. The fourth-order valence-corrected chi connectivity index (χ4v) is 2.27. The lowest BCUT2D eigenvalue weighted by Crippen LogP contribution is -2.41. The van der Waals surface area contributed by atoms with Crippen LogP contribution in [0.5, 0.6) is 0 Å². The molecule has 0 saturated carbocycles. The van der Waals surface area contributed by atoms with Gasteiger partial charge in [0.1, 0.15) is 0 Å². The molecule has 1 aromatic heterocycles. The number of aromatic nitrogens is 1. The number of aliphatic imine (C=N–C) groups is 1. The Hall–Kier alpha value is -2.05. The van der Waals surface area contributed by atoms with Crippen molar-refractivity contribution >= 4 is 11.9 Å². The average Bonchev–Trinajstić information content (AvgIpc) is 3.03. The van der Waals surface area contributed by atoms with Crippen molar-refractivity contribution in [2.45, 2.75) is 53.0 Å². The van der Waals surface area contributed by atoms with Crippen LogP contribution in [0.4, 0.5) is 0 Å². The maximum Gasteiger partial charge on any atom is 0.222 e. The van der Waals surface area contributed by atoms with Crippen LogP contribution in [0.1, 0.15) is 57.9 Å². The molecule has 7 nitrogen and oxygen atoms in total. The predicted molar refractivity (Wildman–Crippen MR) is 95.9 cm³/mol. The molecule has 0 unspecified atom stereocenters. The van der Waals surface area contributed by atoms with Gasteiger partial charge in [0, 0.05) is 38.0 Å². The third-order valence-corrected chi connectivity index (χ3v) is 3.88. The van der Waals surface area contributed by atoms with E-state index in [9.17, 15) is 4.79 Å². The topological polar surface area (TPSA) is 91.6 Å². The van der Waals surface area contributed by atoms with Crippen molar-refractivity contribution in [2.75, 3.05) is 20.1 Å². The summed E-state index contributed by atoms with van der Waals surface area (Å²) in [6.45, 7) is 9.74. The number of rotatable bonds is 9. The molecule has 0 atom stereocenters. The van der Waals surface area contributed by atoms with Crippen molar-refractivity contribution in [2.24, 2.45) is 10.9 Å². The number of hydrogen-bond donors (Lipinski definition) is 3. The summed E-state index contributed by atoms with van der Waals surface area (Å²) in [5, 5.41) is 13.3. The van der Waals surface area contributed by atoms with E-state index in [4.69, 9.17) is 4.52 Å². The molecule has 1 rings (SSSR count). The lowest BCUT2D eigenvalue weighted by atomic mass is 9.99. The monoisotopic (exact) mass is 337 g/mol. The molecule has 0 radical (unpaired) electrons. The predicted octanol–water partition coefficient (Wildman–Crippen LogP) is 2.02. The first-order chi connectivity index (χ1) is 11.5. The Morgan fingerprint density at radius 2 is 1.88 bits per heavy atom. The van der Waals surface area contributed by atoms with Crippen LogP contribution in [0.3, 0.4) is 0 Å². The van der Waals surface area contributed by atoms with Gasteiger partial charge in [-0.1, -0.05) is 32.9 Å². The van der Waals surface area contributed by atoms with Crippen LogP contribution >= 0.6 is 0 Å². The smallest absolute Gasteiger partial charge is 0.222 e. The zero-order valence-electron chi connectivity index (χ0n) is 15.5.